The maximum atomic E-state index is 6.01. The van der Waals surface area contributed by atoms with Gasteiger partial charge >= 0.3 is 26.2 Å². The second kappa shape index (κ2) is 14.6. The van der Waals surface area contributed by atoms with E-state index in [-0.39, 0.29) is 51.0 Å². The first-order valence-corrected chi connectivity index (χ1v) is 22.3. The van der Waals surface area contributed by atoms with Gasteiger partial charge in [0.2, 0.25) is 16.6 Å². The van der Waals surface area contributed by atoms with Gasteiger partial charge in [-0.15, -0.1) is 10.4 Å². The Kier molecular flexibility index (Phi) is 17.3. The molecule has 0 amide bonds. The first kappa shape index (κ1) is 34.2. The van der Waals surface area contributed by atoms with E-state index >= 15 is 0 Å². The molecule has 2 rings (SSSR count). The summed E-state index contributed by atoms with van der Waals surface area (Å²) in [4.78, 5) is 0. The Hall–Kier alpha value is 0.631. The molecule has 0 fully saturated rings. The minimum absolute atomic E-state index is 0. The molecule has 29 heavy (non-hydrogen) atoms. The van der Waals surface area contributed by atoms with E-state index in [0.717, 1.165) is 11.5 Å². The molecule has 2 aromatic rings. The number of rotatable bonds is 6. The van der Waals surface area contributed by atoms with Crippen molar-refractivity contribution in [3.63, 3.8) is 0 Å². The molecular weight excluding hydrogens is 547 g/mol. The summed E-state index contributed by atoms with van der Waals surface area (Å²) in [5, 5.41) is 2.95. The zero-order chi connectivity index (χ0) is 20.1. The molecule has 0 radical (unpaired) electrons. The van der Waals surface area contributed by atoms with Crippen molar-refractivity contribution in [2.24, 2.45) is 0 Å². The second-order valence-corrected chi connectivity index (χ2v) is 24.1. The Morgan fingerprint density at radius 3 is 1.14 bits per heavy atom. The van der Waals surface area contributed by atoms with Gasteiger partial charge in [-0.05, 0) is 50.8 Å². The monoisotopic (exact) mass is 582 g/mol. The van der Waals surface area contributed by atoms with E-state index in [9.17, 15) is 0 Å². The Balaban J connectivity index is -0.000000422. The molecule has 2 aromatic carbocycles. The van der Waals surface area contributed by atoms with Gasteiger partial charge in [0.25, 0.3) is 0 Å². The first-order chi connectivity index (χ1) is 11.8. The fourth-order valence-corrected chi connectivity index (χ4v) is 7.00. The van der Waals surface area contributed by atoms with Crippen molar-refractivity contribution in [1.82, 2.24) is 0 Å². The molecule has 0 spiro atoms. The Morgan fingerprint density at radius 1 is 0.655 bits per heavy atom. The predicted molar refractivity (Wildman–Crippen MR) is 129 cm³/mol. The van der Waals surface area contributed by atoms with Crippen LogP contribution < -0.4 is 44.0 Å². The van der Waals surface area contributed by atoms with Crippen LogP contribution in [-0.4, -0.2) is 34.2 Å². The van der Waals surface area contributed by atoms with Crippen LogP contribution in [0.2, 0.25) is 65.5 Å². The average molecular weight is 585 g/mol. The molecular formula is C20H38Cl2O2Si4Zr. The summed E-state index contributed by atoms with van der Waals surface area (Å²) in [7, 11) is -4.26. The van der Waals surface area contributed by atoms with Crippen LogP contribution in [0.25, 0.3) is 0 Å². The molecule has 0 bridgehead atoms. The molecule has 0 unspecified atom stereocenters. The summed E-state index contributed by atoms with van der Waals surface area (Å²) in [6.45, 7) is 22.7. The second-order valence-electron chi connectivity index (χ2n) is 9.43. The molecule has 0 saturated carbocycles. The van der Waals surface area contributed by atoms with E-state index in [1.54, 1.807) is 0 Å². The van der Waals surface area contributed by atoms with Crippen LogP contribution in [0.3, 0.4) is 0 Å². The van der Waals surface area contributed by atoms with E-state index in [1.807, 2.05) is 0 Å². The SMILES string of the molecule is C[SiH](C)[c-]1cccc1O[Si](C)(C)C.C[SiH](C)[c-]1cccc1O[Si](C)(C)C.[Cl-].[Cl-].[Zr+4]. The van der Waals surface area contributed by atoms with E-state index in [0.29, 0.717) is 0 Å². The van der Waals surface area contributed by atoms with Crippen LogP contribution in [-0.2, 0) is 26.2 Å². The molecule has 0 heterocycles. The Bertz CT molecular complexity index is 616. The third-order valence-electron chi connectivity index (χ3n) is 3.69. The molecule has 0 saturated heterocycles. The van der Waals surface area contributed by atoms with Crippen molar-refractivity contribution in [3.05, 3.63) is 36.4 Å². The van der Waals surface area contributed by atoms with Crippen molar-refractivity contribution >= 4 is 44.6 Å². The molecule has 0 aromatic heterocycles. The van der Waals surface area contributed by atoms with Gasteiger partial charge in [0.05, 0.1) is 0 Å². The van der Waals surface area contributed by atoms with Gasteiger partial charge < -0.3 is 33.7 Å². The smallest absolute Gasteiger partial charge is 1.00 e. The van der Waals surface area contributed by atoms with Gasteiger partial charge in [0, 0.05) is 17.6 Å². The van der Waals surface area contributed by atoms with Gasteiger partial charge in [-0.1, -0.05) is 26.2 Å². The standard InChI is InChI=1S/2C10H19OSi2.2ClH.Zr/c2*1-12(2)10-8-6-7-9(10)11-13(3,4)5;;;/h2*6-8,12H,1-5H3;2*1H;/q2*-1;;;+4/p-2. The zero-order valence-electron chi connectivity index (χ0n) is 19.7. The van der Waals surface area contributed by atoms with Crippen LogP contribution >= 0.6 is 0 Å². The first-order valence-electron chi connectivity index (χ1n) is 9.69. The van der Waals surface area contributed by atoms with E-state index in [2.05, 4.69) is 102 Å². The van der Waals surface area contributed by atoms with Crippen molar-refractivity contribution in [1.29, 1.82) is 0 Å². The third kappa shape index (κ3) is 13.6. The van der Waals surface area contributed by atoms with Crippen LogP contribution in [0.5, 0.6) is 11.5 Å². The summed E-state index contributed by atoms with van der Waals surface area (Å²) in [6.07, 6.45) is 0. The molecule has 0 atom stereocenters. The number of hydrogen-bond acceptors (Lipinski definition) is 2. The van der Waals surface area contributed by atoms with Crippen molar-refractivity contribution in [3.8, 4) is 11.5 Å². The van der Waals surface area contributed by atoms with Gasteiger partial charge in [0.15, 0.2) is 0 Å². The number of halogens is 2. The summed E-state index contributed by atoms with van der Waals surface area (Å²) < 4.78 is 12.0. The molecule has 0 aliphatic carbocycles. The van der Waals surface area contributed by atoms with E-state index in [1.165, 1.54) is 10.4 Å². The maximum Gasteiger partial charge on any atom is 4.00 e. The van der Waals surface area contributed by atoms with Gasteiger partial charge in [-0.2, -0.15) is 24.3 Å². The largest absolute Gasteiger partial charge is 4.00 e. The molecule has 9 heteroatoms. The summed E-state index contributed by atoms with van der Waals surface area (Å²) in [5.74, 6) is 2.31. The zero-order valence-corrected chi connectivity index (χ0v) is 28.0. The molecule has 0 aliphatic heterocycles. The van der Waals surface area contributed by atoms with E-state index < -0.39 is 34.2 Å². The molecule has 164 valence electrons. The average Bonchev–Trinajstić information content (AvgIpc) is 3.04. The Morgan fingerprint density at radius 2 is 0.931 bits per heavy atom. The third-order valence-corrected chi connectivity index (χ3v) is 8.80. The fraction of sp³-hybridized carbons (Fsp3) is 0.500. The summed E-state index contributed by atoms with van der Waals surface area (Å²) >= 11 is 0. The molecule has 2 nitrogen and oxygen atoms in total. The topological polar surface area (TPSA) is 18.5 Å². The molecule has 0 N–H and O–H groups in total. The fourth-order valence-electron chi connectivity index (χ4n) is 2.63. The summed E-state index contributed by atoms with van der Waals surface area (Å²) in [6, 6.07) is 12.9. The van der Waals surface area contributed by atoms with Gasteiger partial charge in [-0.25, -0.2) is 12.1 Å². The normalized spacial score (nSPS) is 10.9. The minimum Gasteiger partial charge on any atom is -1.00 e. The van der Waals surface area contributed by atoms with Gasteiger partial charge in [0.1, 0.15) is 0 Å². The van der Waals surface area contributed by atoms with Crippen molar-refractivity contribution in [2.75, 3.05) is 0 Å². The van der Waals surface area contributed by atoms with Crippen LogP contribution in [0.4, 0.5) is 0 Å². The minimum atomic E-state index is -1.42. The van der Waals surface area contributed by atoms with Crippen molar-refractivity contribution in [2.45, 2.75) is 65.5 Å². The number of hydrogen-bond donors (Lipinski definition) is 0. The summed E-state index contributed by atoms with van der Waals surface area (Å²) in [5.41, 5.74) is 0. The van der Waals surface area contributed by atoms with Gasteiger partial charge in [-0.3, -0.25) is 0 Å². The van der Waals surface area contributed by atoms with Crippen LogP contribution in [0.15, 0.2) is 36.4 Å². The van der Waals surface area contributed by atoms with Crippen molar-refractivity contribution < 1.29 is 59.9 Å². The maximum absolute atomic E-state index is 6.01. The Labute approximate surface area is 216 Å². The quantitative estimate of drug-likeness (QED) is 0.308. The van der Waals surface area contributed by atoms with Crippen LogP contribution in [0.1, 0.15) is 0 Å². The van der Waals surface area contributed by atoms with Crippen LogP contribution in [0, 0.1) is 0 Å². The van der Waals surface area contributed by atoms with E-state index in [4.69, 9.17) is 8.85 Å². The molecule has 0 aliphatic rings. The predicted octanol–water partition coefficient (Wildman–Crippen LogP) is -1.37.